The summed E-state index contributed by atoms with van der Waals surface area (Å²) in [5.41, 5.74) is 2.02. The van der Waals surface area contributed by atoms with Gasteiger partial charge < -0.3 is 15.6 Å². The second kappa shape index (κ2) is 7.93. The Morgan fingerprint density at radius 1 is 1.33 bits per heavy atom. The van der Waals surface area contributed by atoms with Crippen LogP contribution in [-0.2, 0) is 6.42 Å². The van der Waals surface area contributed by atoms with E-state index in [-0.39, 0.29) is 5.82 Å². The Morgan fingerprint density at radius 3 is 2.90 bits per heavy atom. The van der Waals surface area contributed by atoms with Crippen molar-refractivity contribution in [2.75, 3.05) is 32.1 Å². The van der Waals surface area contributed by atoms with Gasteiger partial charge in [0.1, 0.15) is 5.82 Å². The largest absolute Gasteiger partial charge is 0.361 e. The number of hydrogen-bond acceptors (Lipinski definition) is 2. The van der Waals surface area contributed by atoms with E-state index in [4.69, 9.17) is 0 Å². The van der Waals surface area contributed by atoms with Crippen LogP contribution < -0.4 is 10.6 Å². The Hall–Kier alpha value is -1.69. The molecular weight excluding hydrogens is 287 g/mol. The van der Waals surface area contributed by atoms with Gasteiger partial charge in [0.25, 0.3) is 0 Å². The SMILES string of the molecule is CN=C(NCCSC)NCCc1c[nH]c2cc(F)ccc12. The fraction of sp³-hybridized carbons (Fsp3) is 0.400. The Bertz CT molecular complexity index is 609. The molecule has 0 unspecified atom stereocenters. The molecular formula is C15H21FN4S. The molecule has 0 saturated carbocycles. The molecule has 0 radical (unpaired) electrons. The van der Waals surface area contributed by atoms with Crippen LogP contribution in [0.5, 0.6) is 0 Å². The lowest BCUT2D eigenvalue weighted by Gasteiger charge is -2.11. The summed E-state index contributed by atoms with van der Waals surface area (Å²) in [7, 11) is 1.77. The number of guanidine groups is 1. The monoisotopic (exact) mass is 308 g/mol. The number of nitrogens with one attached hydrogen (secondary N) is 3. The number of fused-ring (bicyclic) bond motifs is 1. The number of aromatic amines is 1. The molecule has 2 aromatic rings. The van der Waals surface area contributed by atoms with Gasteiger partial charge in [-0.15, -0.1) is 0 Å². The van der Waals surface area contributed by atoms with Crippen molar-refractivity contribution in [1.29, 1.82) is 0 Å². The first kappa shape index (κ1) is 15.7. The summed E-state index contributed by atoms with van der Waals surface area (Å²) in [6.07, 6.45) is 4.88. The molecule has 0 bridgehead atoms. The zero-order chi connectivity index (χ0) is 15.1. The minimum Gasteiger partial charge on any atom is -0.361 e. The molecule has 6 heteroatoms. The molecule has 1 aromatic heterocycles. The van der Waals surface area contributed by atoms with Crippen molar-refractivity contribution in [3.05, 3.63) is 35.8 Å². The Balaban J connectivity index is 1.87. The van der Waals surface area contributed by atoms with Gasteiger partial charge in [0.15, 0.2) is 5.96 Å². The number of nitrogens with zero attached hydrogens (tertiary/aromatic N) is 1. The Labute approximate surface area is 128 Å². The molecule has 21 heavy (non-hydrogen) atoms. The number of hydrogen-bond donors (Lipinski definition) is 3. The molecule has 0 fully saturated rings. The molecule has 0 aliphatic heterocycles. The van der Waals surface area contributed by atoms with E-state index in [9.17, 15) is 4.39 Å². The predicted molar refractivity (Wildman–Crippen MR) is 89.7 cm³/mol. The maximum atomic E-state index is 13.1. The Morgan fingerprint density at radius 2 is 2.14 bits per heavy atom. The van der Waals surface area contributed by atoms with Crippen LogP contribution in [0.2, 0.25) is 0 Å². The van der Waals surface area contributed by atoms with Gasteiger partial charge in [-0.3, -0.25) is 4.99 Å². The lowest BCUT2D eigenvalue weighted by Crippen LogP contribution is -2.39. The highest BCUT2D eigenvalue weighted by Crippen LogP contribution is 2.19. The molecule has 0 aliphatic rings. The van der Waals surface area contributed by atoms with E-state index < -0.39 is 0 Å². The number of thioether (sulfide) groups is 1. The normalized spacial score (nSPS) is 11.9. The molecule has 0 saturated heterocycles. The van der Waals surface area contributed by atoms with Crippen molar-refractivity contribution in [1.82, 2.24) is 15.6 Å². The van der Waals surface area contributed by atoms with Crippen molar-refractivity contribution in [2.24, 2.45) is 4.99 Å². The van der Waals surface area contributed by atoms with Gasteiger partial charge in [-0.05, 0) is 36.4 Å². The lowest BCUT2D eigenvalue weighted by molar-refractivity contribution is 0.629. The van der Waals surface area contributed by atoms with Crippen molar-refractivity contribution >= 4 is 28.6 Å². The van der Waals surface area contributed by atoms with E-state index in [1.807, 2.05) is 12.3 Å². The Kier molecular flexibility index (Phi) is 5.92. The van der Waals surface area contributed by atoms with Gasteiger partial charge in [-0.25, -0.2) is 4.39 Å². The molecule has 114 valence electrons. The molecule has 3 N–H and O–H groups in total. The summed E-state index contributed by atoms with van der Waals surface area (Å²) in [5, 5.41) is 7.61. The molecule has 0 spiro atoms. The van der Waals surface area contributed by atoms with Crippen molar-refractivity contribution < 1.29 is 4.39 Å². The predicted octanol–water partition coefficient (Wildman–Crippen LogP) is 2.38. The van der Waals surface area contributed by atoms with Gasteiger partial charge in [0.2, 0.25) is 0 Å². The quantitative estimate of drug-likeness (QED) is 0.436. The highest BCUT2D eigenvalue weighted by atomic mass is 32.2. The van der Waals surface area contributed by atoms with E-state index >= 15 is 0 Å². The molecule has 0 amide bonds. The lowest BCUT2D eigenvalue weighted by atomic mass is 10.1. The van der Waals surface area contributed by atoms with Crippen LogP contribution in [0.4, 0.5) is 4.39 Å². The third kappa shape index (κ3) is 4.39. The molecule has 2 rings (SSSR count). The second-order valence-corrected chi connectivity index (χ2v) is 5.66. The maximum Gasteiger partial charge on any atom is 0.191 e. The summed E-state index contributed by atoms with van der Waals surface area (Å²) in [6, 6.07) is 4.84. The molecule has 0 atom stereocenters. The fourth-order valence-corrected chi connectivity index (χ4v) is 2.48. The van der Waals surface area contributed by atoms with E-state index in [0.717, 1.165) is 42.1 Å². The zero-order valence-electron chi connectivity index (χ0n) is 12.4. The molecule has 4 nitrogen and oxygen atoms in total. The van der Waals surface area contributed by atoms with Crippen LogP contribution in [0.3, 0.4) is 0 Å². The number of rotatable bonds is 6. The highest BCUT2D eigenvalue weighted by molar-refractivity contribution is 7.98. The number of halogens is 1. The first-order chi connectivity index (χ1) is 10.2. The summed E-state index contributed by atoms with van der Waals surface area (Å²) in [5.74, 6) is 1.65. The van der Waals surface area contributed by atoms with Crippen molar-refractivity contribution in [3.63, 3.8) is 0 Å². The van der Waals surface area contributed by atoms with Crippen molar-refractivity contribution in [3.8, 4) is 0 Å². The summed E-state index contributed by atoms with van der Waals surface area (Å²) in [4.78, 5) is 7.29. The zero-order valence-corrected chi connectivity index (χ0v) is 13.2. The molecule has 0 aliphatic carbocycles. The summed E-state index contributed by atoms with van der Waals surface area (Å²) < 4.78 is 13.1. The standard InChI is InChI=1S/C15H21FN4S/c1-17-15(19-7-8-21-2)18-6-5-11-10-20-14-9-12(16)3-4-13(11)14/h3-4,9-10,20H,5-8H2,1-2H3,(H2,17,18,19). The topological polar surface area (TPSA) is 52.2 Å². The molecule has 1 aromatic carbocycles. The van der Waals surface area contributed by atoms with Crippen molar-refractivity contribution in [2.45, 2.75) is 6.42 Å². The van der Waals surface area contributed by atoms with Crippen LogP contribution in [-0.4, -0.2) is 43.1 Å². The first-order valence-corrected chi connectivity index (χ1v) is 8.33. The summed E-state index contributed by atoms with van der Waals surface area (Å²) >= 11 is 1.80. The van der Waals surface area contributed by atoms with Gasteiger partial charge in [-0.1, -0.05) is 0 Å². The van der Waals surface area contributed by atoms with Crippen LogP contribution in [0.1, 0.15) is 5.56 Å². The van der Waals surface area contributed by atoms with E-state index in [1.54, 1.807) is 18.8 Å². The summed E-state index contributed by atoms with van der Waals surface area (Å²) in [6.45, 7) is 1.68. The number of aromatic nitrogens is 1. The van der Waals surface area contributed by atoms with Gasteiger partial charge in [-0.2, -0.15) is 11.8 Å². The van der Waals surface area contributed by atoms with Crippen LogP contribution in [0.25, 0.3) is 10.9 Å². The third-order valence-corrected chi connectivity index (χ3v) is 3.85. The third-order valence-electron chi connectivity index (χ3n) is 3.24. The van der Waals surface area contributed by atoms with Crippen LogP contribution in [0.15, 0.2) is 29.4 Å². The smallest absolute Gasteiger partial charge is 0.191 e. The van der Waals surface area contributed by atoms with Crippen LogP contribution in [0, 0.1) is 5.82 Å². The maximum absolute atomic E-state index is 13.1. The second-order valence-electron chi connectivity index (χ2n) is 4.67. The van der Waals surface area contributed by atoms with Gasteiger partial charge >= 0.3 is 0 Å². The first-order valence-electron chi connectivity index (χ1n) is 6.93. The highest BCUT2D eigenvalue weighted by Gasteiger charge is 2.05. The van der Waals surface area contributed by atoms with E-state index in [0.29, 0.717) is 0 Å². The fourth-order valence-electron chi connectivity index (χ4n) is 2.17. The minimum absolute atomic E-state index is 0.215. The number of H-pyrrole nitrogens is 1. The minimum atomic E-state index is -0.215. The van der Waals surface area contributed by atoms with E-state index in [2.05, 4.69) is 26.9 Å². The average molecular weight is 308 g/mol. The van der Waals surface area contributed by atoms with Gasteiger partial charge in [0, 0.05) is 43.0 Å². The number of aliphatic imine (C=N–C) groups is 1. The van der Waals surface area contributed by atoms with Gasteiger partial charge in [0.05, 0.1) is 0 Å². The van der Waals surface area contributed by atoms with E-state index in [1.165, 1.54) is 17.7 Å². The van der Waals surface area contributed by atoms with Crippen LogP contribution >= 0.6 is 11.8 Å². The average Bonchev–Trinajstić information content (AvgIpc) is 2.88. The number of benzene rings is 1. The molecule has 1 heterocycles.